The molecule has 0 N–H and O–H groups in total. The van der Waals surface area contributed by atoms with Crippen molar-refractivity contribution in [3.8, 4) is 0 Å². The summed E-state index contributed by atoms with van der Waals surface area (Å²) in [5.41, 5.74) is 2.96. The molecule has 0 spiro atoms. The van der Waals surface area contributed by atoms with Gasteiger partial charge in [0.1, 0.15) is 0 Å². The van der Waals surface area contributed by atoms with E-state index >= 15 is 0 Å². The number of benzene rings is 1. The zero-order chi connectivity index (χ0) is 10.6. The Balaban J connectivity index is 2.60. The van der Waals surface area contributed by atoms with Gasteiger partial charge in [0.2, 0.25) is 0 Å². The Kier molecular flexibility index (Phi) is 4.19. The molecule has 1 unspecified atom stereocenters. The minimum atomic E-state index is 0.707. The molecule has 0 saturated heterocycles. The van der Waals surface area contributed by atoms with Crippen LogP contribution in [0, 0.1) is 12.8 Å². The molecule has 0 aliphatic rings. The molecule has 1 aromatic carbocycles. The Morgan fingerprint density at radius 1 is 1.00 bits per heavy atom. The molecule has 1 rings (SSSR count). The zero-order valence-corrected chi connectivity index (χ0v) is 9.88. The van der Waals surface area contributed by atoms with Crippen molar-refractivity contribution >= 4 is 0 Å². The summed E-state index contributed by atoms with van der Waals surface area (Å²) < 4.78 is 0. The van der Waals surface area contributed by atoms with Gasteiger partial charge in [-0.05, 0) is 36.3 Å². The van der Waals surface area contributed by atoms with Gasteiger partial charge in [-0.1, -0.05) is 51.5 Å². The molecule has 0 radical (unpaired) electrons. The lowest BCUT2D eigenvalue weighted by Gasteiger charge is -2.15. The van der Waals surface area contributed by atoms with Gasteiger partial charge >= 0.3 is 0 Å². The number of hydrogen-bond donors (Lipinski definition) is 0. The second kappa shape index (κ2) is 5.19. The molecule has 0 fully saturated rings. The first-order chi connectivity index (χ1) is 6.61. The average molecular weight is 190 g/mol. The quantitative estimate of drug-likeness (QED) is 0.654. The number of rotatable bonds is 4. The van der Waals surface area contributed by atoms with E-state index in [0.717, 1.165) is 5.92 Å². The van der Waals surface area contributed by atoms with E-state index in [2.05, 4.69) is 52.0 Å². The predicted molar refractivity (Wildman–Crippen MR) is 63.7 cm³/mol. The average Bonchev–Trinajstić information content (AvgIpc) is 2.15. The molecule has 0 saturated carbocycles. The highest BCUT2D eigenvalue weighted by atomic mass is 14.1. The van der Waals surface area contributed by atoms with Crippen LogP contribution in [0.2, 0.25) is 0 Å². The highest BCUT2D eigenvalue weighted by molar-refractivity contribution is 5.28. The van der Waals surface area contributed by atoms with Gasteiger partial charge in [0.25, 0.3) is 0 Å². The van der Waals surface area contributed by atoms with Gasteiger partial charge in [0.05, 0.1) is 0 Å². The molecule has 0 heterocycles. The summed E-state index contributed by atoms with van der Waals surface area (Å²) in [7, 11) is 0. The predicted octanol–water partition coefficient (Wildman–Crippen LogP) is 4.53. The van der Waals surface area contributed by atoms with Gasteiger partial charge in [-0.25, -0.2) is 0 Å². The fourth-order valence-corrected chi connectivity index (χ4v) is 1.88. The van der Waals surface area contributed by atoms with Gasteiger partial charge in [-0.15, -0.1) is 0 Å². The van der Waals surface area contributed by atoms with Crippen LogP contribution in [0.4, 0.5) is 0 Å². The van der Waals surface area contributed by atoms with E-state index in [-0.39, 0.29) is 0 Å². The van der Waals surface area contributed by atoms with E-state index in [1.807, 2.05) is 0 Å². The molecule has 0 nitrogen and oxygen atoms in total. The first-order valence-corrected chi connectivity index (χ1v) is 5.66. The van der Waals surface area contributed by atoms with E-state index < -0.39 is 0 Å². The van der Waals surface area contributed by atoms with Gasteiger partial charge < -0.3 is 0 Å². The van der Waals surface area contributed by atoms with E-state index in [1.165, 1.54) is 24.0 Å². The molecule has 0 bridgehead atoms. The Hall–Kier alpha value is -0.780. The highest BCUT2D eigenvalue weighted by Gasteiger charge is 2.08. The molecular weight excluding hydrogens is 168 g/mol. The van der Waals surface area contributed by atoms with Crippen LogP contribution in [0.25, 0.3) is 0 Å². The van der Waals surface area contributed by atoms with Crippen molar-refractivity contribution in [2.24, 2.45) is 5.92 Å². The first-order valence-electron chi connectivity index (χ1n) is 5.66. The van der Waals surface area contributed by atoms with Crippen LogP contribution in [-0.2, 0) is 0 Å². The van der Waals surface area contributed by atoms with Crippen LogP contribution in [-0.4, -0.2) is 0 Å². The van der Waals surface area contributed by atoms with Crippen LogP contribution < -0.4 is 0 Å². The summed E-state index contributed by atoms with van der Waals surface area (Å²) in [6.07, 6.45) is 2.64. The molecule has 0 heteroatoms. The third-order valence-corrected chi connectivity index (χ3v) is 2.90. The molecule has 1 aromatic rings. The smallest absolute Gasteiger partial charge is 0.0188 e. The van der Waals surface area contributed by atoms with Gasteiger partial charge in [0, 0.05) is 0 Å². The maximum absolute atomic E-state index is 2.34. The van der Waals surface area contributed by atoms with Crippen LogP contribution in [0.15, 0.2) is 24.3 Å². The molecule has 0 amide bonds. The lowest BCUT2D eigenvalue weighted by atomic mass is 9.90. The summed E-state index contributed by atoms with van der Waals surface area (Å²) in [6.45, 7) is 9.14. The zero-order valence-electron chi connectivity index (χ0n) is 9.88. The molecule has 0 aromatic heterocycles. The van der Waals surface area contributed by atoms with E-state index in [0.29, 0.717) is 5.92 Å². The summed E-state index contributed by atoms with van der Waals surface area (Å²) in [6, 6.07) is 8.74. The van der Waals surface area contributed by atoms with Crippen molar-refractivity contribution in [1.29, 1.82) is 0 Å². The lowest BCUT2D eigenvalue weighted by molar-refractivity contribution is 0.516. The van der Waals surface area contributed by atoms with Crippen LogP contribution in [0.3, 0.4) is 0 Å². The number of aryl methyl sites for hydroxylation is 1. The molecule has 78 valence electrons. The fraction of sp³-hybridized carbons (Fsp3) is 0.571. The van der Waals surface area contributed by atoms with Crippen molar-refractivity contribution in [3.05, 3.63) is 35.4 Å². The van der Waals surface area contributed by atoms with Gasteiger partial charge in [-0.2, -0.15) is 0 Å². The lowest BCUT2D eigenvalue weighted by Crippen LogP contribution is -1.98. The third kappa shape index (κ3) is 3.17. The second-order valence-electron chi connectivity index (χ2n) is 4.73. The maximum Gasteiger partial charge on any atom is -0.0188 e. The van der Waals surface area contributed by atoms with Crippen LogP contribution in [0.5, 0.6) is 0 Å². The van der Waals surface area contributed by atoms with Gasteiger partial charge in [-0.3, -0.25) is 0 Å². The first kappa shape index (κ1) is 11.3. The fourth-order valence-electron chi connectivity index (χ4n) is 1.88. The Morgan fingerprint density at radius 2 is 1.64 bits per heavy atom. The highest BCUT2D eigenvalue weighted by Crippen LogP contribution is 2.25. The third-order valence-electron chi connectivity index (χ3n) is 2.90. The van der Waals surface area contributed by atoms with E-state index in [4.69, 9.17) is 0 Å². The number of hydrogen-bond acceptors (Lipinski definition) is 0. The second-order valence-corrected chi connectivity index (χ2v) is 4.73. The Bertz CT molecular complexity index is 273. The molecule has 1 atom stereocenters. The Labute approximate surface area is 88.4 Å². The summed E-state index contributed by atoms with van der Waals surface area (Å²) in [5.74, 6) is 1.53. The van der Waals surface area contributed by atoms with E-state index in [1.54, 1.807) is 0 Å². The van der Waals surface area contributed by atoms with Crippen molar-refractivity contribution in [2.75, 3.05) is 0 Å². The molecule has 0 aliphatic carbocycles. The summed E-state index contributed by atoms with van der Waals surface area (Å²) in [5, 5.41) is 0. The maximum atomic E-state index is 2.34. The normalized spacial score (nSPS) is 13.2. The minimum absolute atomic E-state index is 0.707. The standard InChI is InChI=1S/C14H22/c1-11(2)9-10-13(4)14-8-6-5-7-12(14)3/h5-8,11,13H,9-10H2,1-4H3. The minimum Gasteiger partial charge on any atom is -0.0628 e. The van der Waals surface area contributed by atoms with Crippen molar-refractivity contribution < 1.29 is 0 Å². The van der Waals surface area contributed by atoms with E-state index in [9.17, 15) is 0 Å². The molecule has 14 heavy (non-hydrogen) atoms. The topological polar surface area (TPSA) is 0 Å². The SMILES string of the molecule is Cc1ccccc1C(C)CCC(C)C. The monoisotopic (exact) mass is 190 g/mol. The largest absolute Gasteiger partial charge is 0.0628 e. The van der Waals surface area contributed by atoms with Crippen molar-refractivity contribution in [3.63, 3.8) is 0 Å². The Morgan fingerprint density at radius 3 is 2.21 bits per heavy atom. The molecule has 0 aliphatic heterocycles. The van der Waals surface area contributed by atoms with Gasteiger partial charge in [0.15, 0.2) is 0 Å². The van der Waals surface area contributed by atoms with Crippen LogP contribution in [0.1, 0.15) is 50.7 Å². The van der Waals surface area contributed by atoms with Crippen LogP contribution >= 0.6 is 0 Å². The van der Waals surface area contributed by atoms with Crippen molar-refractivity contribution in [2.45, 2.75) is 46.5 Å². The summed E-state index contributed by atoms with van der Waals surface area (Å²) in [4.78, 5) is 0. The van der Waals surface area contributed by atoms with Crippen molar-refractivity contribution in [1.82, 2.24) is 0 Å². The molecular formula is C14H22. The summed E-state index contributed by atoms with van der Waals surface area (Å²) >= 11 is 0.